The number of carbonyl (C=O) groups excluding carboxylic acids is 1. The Balaban J connectivity index is 2.51. The zero-order valence-electron chi connectivity index (χ0n) is 7.67. The van der Waals surface area contributed by atoms with Gasteiger partial charge in [-0.1, -0.05) is 18.2 Å². The molecule has 0 bridgehead atoms. The van der Waals surface area contributed by atoms with E-state index in [0.29, 0.717) is 12.8 Å². The lowest BCUT2D eigenvalue weighted by molar-refractivity contribution is -0.123. The van der Waals surface area contributed by atoms with Crippen molar-refractivity contribution in [2.45, 2.75) is 12.8 Å². The van der Waals surface area contributed by atoms with Gasteiger partial charge in [0.2, 0.25) is 0 Å². The fourth-order valence-electron chi connectivity index (χ4n) is 0.821. The van der Waals surface area contributed by atoms with E-state index in [2.05, 4.69) is 20.4 Å². The highest BCUT2D eigenvalue weighted by Crippen LogP contribution is 1.95. The van der Waals surface area contributed by atoms with Crippen molar-refractivity contribution >= 4 is 12.0 Å². The van der Waals surface area contributed by atoms with Crippen LogP contribution in [0.2, 0.25) is 0 Å². The number of allylic oxidation sites excluding steroid dienone is 4. The molecule has 0 radical (unpaired) electrons. The van der Waals surface area contributed by atoms with Crippen molar-refractivity contribution < 1.29 is 9.63 Å². The summed E-state index contributed by atoms with van der Waals surface area (Å²) < 4.78 is 0. The molecule has 0 aromatic heterocycles. The predicted molar refractivity (Wildman–Crippen MR) is 51.8 cm³/mol. The molecule has 0 aromatic carbocycles. The SMILES string of the molecule is O=C1CCC=CC=CC=NN=NOC1. The molecule has 0 spiro atoms. The van der Waals surface area contributed by atoms with Crippen molar-refractivity contribution in [3.63, 3.8) is 0 Å². The second-order valence-corrected chi connectivity index (χ2v) is 2.60. The Morgan fingerprint density at radius 1 is 1.29 bits per heavy atom. The van der Waals surface area contributed by atoms with Crippen LogP contribution in [0, 0.1) is 0 Å². The van der Waals surface area contributed by atoms with E-state index in [4.69, 9.17) is 0 Å². The quantitative estimate of drug-likeness (QED) is 0.589. The molecule has 0 atom stereocenters. The van der Waals surface area contributed by atoms with Crippen LogP contribution in [0.5, 0.6) is 0 Å². The van der Waals surface area contributed by atoms with Crippen LogP contribution in [0.15, 0.2) is 39.9 Å². The fraction of sp³-hybridized carbons (Fsp3) is 0.333. The lowest BCUT2D eigenvalue weighted by Crippen LogP contribution is -2.04. The summed E-state index contributed by atoms with van der Waals surface area (Å²) in [5, 5.41) is 10.1. The lowest BCUT2D eigenvalue weighted by atomic mass is 10.2. The Kier molecular flexibility index (Phi) is 4.93. The third kappa shape index (κ3) is 4.97. The zero-order valence-corrected chi connectivity index (χ0v) is 7.67. The minimum absolute atomic E-state index is 0.000746. The summed E-state index contributed by atoms with van der Waals surface area (Å²) in [6.07, 6.45) is 9.94. The van der Waals surface area contributed by atoms with Gasteiger partial charge in [-0.3, -0.25) is 4.79 Å². The molecule has 1 aliphatic heterocycles. The van der Waals surface area contributed by atoms with Gasteiger partial charge >= 0.3 is 0 Å². The molecule has 0 N–H and O–H groups in total. The molecule has 5 nitrogen and oxygen atoms in total. The van der Waals surface area contributed by atoms with E-state index in [1.165, 1.54) is 6.21 Å². The number of ketones is 1. The number of nitrogens with zero attached hydrogens (tertiary/aromatic N) is 3. The van der Waals surface area contributed by atoms with Gasteiger partial charge in [-0.05, 0) is 17.7 Å². The first-order valence-corrected chi connectivity index (χ1v) is 4.28. The van der Waals surface area contributed by atoms with Crippen molar-refractivity contribution in [1.29, 1.82) is 0 Å². The van der Waals surface area contributed by atoms with Crippen LogP contribution in [0.25, 0.3) is 0 Å². The molecule has 14 heavy (non-hydrogen) atoms. The van der Waals surface area contributed by atoms with Gasteiger partial charge in [0.25, 0.3) is 0 Å². The first-order chi connectivity index (χ1) is 6.89. The maximum Gasteiger partial charge on any atom is 0.177 e. The molecule has 1 aliphatic rings. The second kappa shape index (κ2) is 6.71. The standard InChI is InChI=1S/C9H11N3O2/c13-9-6-4-2-1-3-5-7-10-11-12-14-8-9/h1-3,5,7H,4,6,8H2. The number of carbonyl (C=O) groups is 1. The molecule has 1 rings (SSSR count). The predicted octanol–water partition coefficient (Wildman–Crippen LogP) is 1.83. The second-order valence-electron chi connectivity index (χ2n) is 2.60. The Labute approximate surface area is 81.8 Å². The third-order valence-corrected chi connectivity index (χ3v) is 1.47. The Bertz CT molecular complexity index is 264. The monoisotopic (exact) mass is 193 g/mol. The van der Waals surface area contributed by atoms with Crippen LogP contribution in [-0.4, -0.2) is 18.6 Å². The highest BCUT2D eigenvalue weighted by Gasteiger charge is 1.99. The van der Waals surface area contributed by atoms with Gasteiger partial charge in [0.05, 0.1) is 6.21 Å². The van der Waals surface area contributed by atoms with Crippen molar-refractivity contribution in [2.24, 2.45) is 15.6 Å². The molecule has 0 aliphatic carbocycles. The Hall–Kier alpha value is -1.78. The van der Waals surface area contributed by atoms with E-state index >= 15 is 0 Å². The van der Waals surface area contributed by atoms with E-state index in [-0.39, 0.29) is 12.4 Å². The van der Waals surface area contributed by atoms with Crippen molar-refractivity contribution in [1.82, 2.24) is 0 Å². The van der Waals surface area contributed by atoms with Gasteiger partial charge in [0, 0.05) is 11.7 Å². The van der Waals surface area contributed by atoms with Crippen LogP contribution in [-0.2, 0) is 9.63 Å². The van der Waals surface area contributed by atoms with E-state index < -0.39 is 0 Å². The number of rotatable bonds is 0. The number of hydrogen-bond acceptors (Lipinski definition) is 5. The fourth-order valence-corrected chi connectivity index (χ4v) is 0.821. The largest absolute Gasteiger partial charge is 0.370 e. The van der Waals surface area contributed by atoms with Crippen LogP contribution in [0.1, 0.15) is 12.8 Å². The maximum absolute atomic E-state index is 11.1. The summed E-state index contributed by atoms with van der Waals surface area (Å²) in [7, 11) is 0. The zero-order chi connectivity index (χ0) is 10.1. The van der Waals surface area contributed by atoms with E-state index in [1.807, 2.05) is 18.2 Å². The van der Waals surface area contributed by atoms with Crippen LogP contribution >= 0.6 is 0 Å². The van der Waals surface area contributed by atoms with Gasteiger partial charge < -0.3 is 4.84 Å². The highest BCUT2D eigenvalue weighted by molar-refractivity contribution is 5.79. The van der Waals surface area contributed by atoms with Gasteiger partial charge in [-0.15, -0.1) is 5.10 Å². The first-order valence-electron chi connectivity index (χ1n) is 4.28. The van der Waals surface area contributed by atoms with Crippen molar-refractivity contribution in [3.8, 4) is 0 Å². The van der Waals surface area contributed by atoms with Crippen molar-refractivity contribution in [2.75, 3.05) is 6.61 Å². The molecule has 0 aromatic rings. The highest BCUT2D eigenvalue weighted by atomic mass is 16.6. The molecule has 0 unspecified atom stereocenters. The average Bonchev–Trinajstić information content (AvgIpc) is 2.20. The molecule has 1 heterocycles. The third-order valence-electron chi connectivity index (χ3n) is 1.47. The molecule has 74 valence electrons. The molecule has 0 amide bonds. The summed E-state index contributed by atoms with van der Waals surface area (Å²) >= 11 is 0. The molecular formula is C9H11N3O2. The topological polar surface area (TPSA) is 63.4 Å². The van der Waals surface area contributed by atoms with E-state index in [0.717, 1.165) is 0 Å². The van der Waals surface area contributed by atoms with Crippen LogP contribution < -0.4 is 0 Å². The summed E-state index contributed by atoms with van der Waals surface area (Å²) in [4.78, 5) is 15.7. The van der Waals surface area contributed by atoms with Crippen LogP contribution in [0.4, 0.5) is 0 Å². The van der Waals surface area contributed by atoms with Gasteiger partial charge in [0.15, 0.2) is 12.4 Å². The van der Waals surface area contributed by atoms with Crippen LogP contribution in [0.3, 0.4) is 0 Å². The minimum Gasteiger partial charge on any atom is -0.370 e. The Morgan fingerprint density at radius 2 is 2.21 bits per heavy atom. The van der Waals surface area contributed by atoms with Gasteiger partial charge in [0.1, 0.15) is 0 Å². The molecule has 0 saturated carbocycles. The van der Waals surface area contributed by atoms with E-state index in [9.17, 15) is 4.79 Å². The summed E-state index contributed by atoms with van der Waals surface area (Å²) in [6, 6.07) is 0. The van der Waals surface area contributed by atoms with E-state index in [1.54, 1.807) is 6.08 Å². The summed E-state index contributed by atoms with van der Waals surface area (Å²) in [5.74, 6) is 0.000746. The molecule has 0 fully saturated rings. The summed E-state index contributed by atoms with van der Waals surface area (Å²) in [5.41, 5.74) is 0. The van der Waals surface area contributed by atoms with Gasteiger partial charge in [-0.2, -0.15) is 0 Å². The maximum atomic E-state index is 11.1. The lowest BCUT2D eigenvalue weighted by Gasteiger charge is -1.94. The molecule has 5 heteroatoms. The number of hydrogen-bond donors (Lipinski definition) is 0. The van der Waals surface area contributed by atoms with Crippen molar-refractivity contribution in [3.05, 3.63) is 24.3 Å². The normalized spacial score (nSPS) is 18.1. The number of Topliss-reactive ketones (excluding diaryl/α,β-unsaturated/α-hetero) is 1. The Morgan fingerprint density at radius 3 is 3.14 bits per heavy atom. The first kappa shape index (κ1) is 10.3. The molecular weight excluding hydrogens is 182 g/mol. The summed E-state index contributed by atoms with van der Waals surface area (Å²) in [6.45, 7) is -0.0414. The molecule has 0 saturated heterocycles. The smallest absolute Gasteiger partial charge is 0.177 e. The minimum atomic E-state index is -0.0414. The van der Waals surface area contributed by atoms with Gasteiger partial charge in [-0.25, -0.2) is 0 Å². The average molecular weight is 193 g/mol.